The Kier molecular flexibility index (Phi) is 2.95. The van der Waals surface area contributed by atoms with Crippen LogP contribution in [0.5, 0.6) is 0 Å². The number of hydrogen-bond donors (Lipinski definition) is 1. The van der Waals surface area contributed by atoms with E-state index in [9.17, 15) is 8.76 Å². The summed E-state index contributed by atoms with van der Waals surface area (Å²) in [5.74, 6) is 0. The van der Waals surface area contributed by atoms with Gasteiger partial charge < -0.3 is 10.3 Å². The normalized spacial score (nSPS) is 12.9. The lowest BCUT2D eigenvalue weighted by molar-refractivity contribution is 0.537. The predicted octanol–water partition coefficient (Wildman–Crippen LogP) is 1.81. The third-order valence-corrected chi connectivity index (χ3v) is 2.46. The van der Waals surface area contributed by atoms with Gasteiger partial charge in [-0.15, -0.1) is 0 Å². The molecule has 2 N–H and O–H groups in total. The Labute approximate surface area is 81.8 Å². The van der Waals surface area contributed by atoms with Crippen molar-refractivity contribution < 1.29 is 8.76 Å². The van der Waals surface area contributed by atoms with E-state index in [1.165, 1.54) is 12.1 Å². The first kappa shape index (κ1) is 9.80. The molecule has 1 aromatic rings. The van der Waals surface area contributed by atoms with Crippen LogP contribution in [0.4, 0.5) is 5.69 Å². The second-order valence-corrected chi connectivity index (χ2v) is 3.79. The summed E-state index contributed by atoms with van der Waals surface area (Å²) in [6.07, 6.45) is 0. The smallest absolute Gasteiger partial charge is 0.0662 e. The van der Waals surface area contributed by atoms with E-state index in [-0.39, 0.29) is 20.6 Å². The van der Waals surface area contributed by atoms with Crippen molar-refractivity contribution in [2.45, 2.75) is 4.90 Å². The Hall–Kier alpha value is -0.290. The van der Waals surface area contributed by atoms with Crippen molar-refractivity contribution >= 4 is 40.0 Å². The molecule has 3 nitrogen and oxygen atoms in total. The molecule has 0 aliphatic rings. The topological polar surface area (TPSA) is 66.2 Å². The molecule has 66 valence electrons. The van der Waals surface area contributed by atoms with Crippen molar-refractivity contribution in [1.82, 2.24) is 0 Å². The fourth-order valence-corrected chi connectivity index (χ4v) is 1.83. The largest absolute Gasteiger partial charge is 0.768 e. The Morgan fingerprint density at radius 2 is 2.00 bits per heavy atom. The molecular formula is C6H4Cl2NO2S-. The Balaban J connectivity index is 3.37. The van der Waals surface area contributed by atoms with E-state index in [2.05, 4.69) is 0 Å². The number of hydrogen-bond acceptors (Lipinski definition) is 3. The Bertz CT molecular complexity index is 343. The van der Waals surface area contributed by atoms with Crippen molar-refractivity contribution in [2.75, 3.05) is 5.73 Å². The van der Waals surface area contributed by atoms with Crippen LogP contribution in [0.3, 0.4) is 0 Å². The maximum atomic E-state index is 10.5. The highest BCUT2D eigenvalue weighted by Crippen LogP contribution is 2.28. The molecule has 1 aromatic carbocycles. The highest BCUT2D eigenvalue weighted by molar-refractivity contribution is 7.79. The number of benzene rings is 1. The molecule has 12 heavy (non-hydrogen) atoms. The van der Waals surface area contributed by atoms with E-state index in [4.69, 9.17) is 28.9 Å². The first-order valence-corrected chi connectivity index (χ1v) is 4.69. The van der Waals surface area contributed by atoms with Crippen molar-refractivity contribution in [2.24, 2.45) is 0 Å². The summed E-state index contributed by atoms with van der Waals surface area (Å²) in [4.78, 5) is -0.0764. The van der Waals surface area contributed by atoms with Crippen LogP contribution in [-0.4, -0.2) is 8.76 Å². The van der Waals surface area contributed by atoms with Gasteiger partial charge >= 0.3 is 0 Å². The van der Waals surface area contributed by atoms with Crippen molar-refractivity contribution in [3.8, 4) is 0 Å². The van der Waals surface area contributed by atoms with Gasteiger partial charge in [-0.25, -0.2) is 0 Å². The van der Waals surface area contributed by atoms with Crippen molar-refractivity contribution in [3.63, 3.8) is 0 Å². The Morgan fingerprint density at radius 3 is 2.50 bits per heavy atom. The Morgan fingerprint density at radius 1 is 1.42 bits per heavy atom. The molecule has 0 fully saturated rings. The van der Waals surface area contributed by atoms with Crippen LogP contribution in [-0.2, 0) is 11.1 Å². The zero-order chi connectivity index (χ0) is 9.30. The van der Waals surface area contributed by atoms with E-state index in [0.717, 1.165) is 0 Å². The maximum Gasteiger partial charge on any atom is 0.0662 e. The molecule has 0 aliphatic heterocycles. The van der Waals surface area contributed by atoms with Crippen molar-refractivity contribution in [1.29, 1.82) is 0 Å². The van der Waals surface area contributed by atoms with Crippen LogP contribution in [0, 0.1) is 0 Å². The first-order chi connectivity index (χ1) is 5.52. The fraction of sp³-hybridized carbons (Fsp3) is 0. The van der Waals surface area contributed by atoms with E-state index in [1.54, 1.807) is 0 Å². The number of halogens is 2. The van der Waals surface area contributed by atoms with Gasteiger partial charge in [0.2, 0.25) is 0 Å². The molecule has 0 aliphatic carbocycles. The van der Waals surface area contributed by atoms with E-state index < -0.39 is 11.1 Å². The average molecular weight is 225 g/mol. The van der Waals surface area contributed by atoms with Gasteiger partial charge in [-0.05, 0) is 23.2 Å². The third kappa shape index (κ3) is 1.90. The molecule has 0 heterocycles. The highest BCUT2D eigenvalue weighted by Gasteiger charge is 2.05. The van der Waals surface area contributed by atoms with E-state index in [0.29, 0.717) is 0 Å². The van der Waals surface area contributed by atoms with Crippen LogP contribution in [0.2, 0.25) is 10.0 Å². The molecule has 0 saturated heterocycles. The molecule has 0 bridgehead atoms. The summed E-state index contributed by atoms with van der Waals surface area (Å²) in [6, 6.07) is 2.63. The standard InChI is InChI=1S/C6H5Cl2NO2S/c7-3-1-4(8)6(9)5(2-3)12(10)11/h1-2H,9H2,(H,10,11)/p-1. The molecule has 0 spiro atoms. The minimum absolute atomic E-state index is 0.0226. The van der Waals surface area contributed by atoms with Crippen molar-refractivity contribution in [3.05, 3.63) is 22.2 Å². The van der Waals surface area contributed by atoms with Crippen LogP contribution < -0.4 is 5.73 Å². The lowest BCUT2D eigenvalue weighted by atomic mass is 10.3. The summed E-state index contributed by atoms with van der Waals surface area (Å²) in [6.45, 7) is 0. The molecule has 0 aromatic heterocycles. The number of nitrogens with two attached hydrogens (primary N) is 1. The maximum absolute atomic E-state index is 10.5. The second-order valence-electron chi connectivity index (χ2n) is 2.03. The number of anilines is 1. The van der Waals surface area contributed by atoms with Crippen LogP contribution in [0.1, 0.15) is 0 Å². The summed E-state index contributed by atoms with van der Waals surface area (Å²) in [5, 5.41) is 0.384. The first-order valence-electron chi connectivity index (χ1n) is 2.86. The predicted molar refractivity (Wildman–Crippen MR) is 48.1 cm³/mol. The van der Waals surface area contributed by atoms with Crippen LogP contribution in [0.15, 0.2) is 17.0 Å². The van der Waals surface area contributed by atoms with Crippen LogP contribution in [0.25, 0.3) is 0 Å². The molecule has 6 heteroatoms. The highest BCUT2D eigenvalue weighted by atomic mass is 35.5. The molecular weight excluding hydrogens is 221 g/mol. The van der Waals surface area contributed by atoms with Crippen LogP contribution >= 0.6 is 23.2 Å². The lowest BCUT2D eigenvalue weighted by Gasteiger charge is -2.09. The monoisotopic (exact) mass is 224 g/mol. The molecule has 0 amide bonds. The van der Waals surface area contributed by atoms with Gasteiger partial charge in [0.15, 0.2) is 0 Å². The second kappa shape index (κ2) is 3.62. The molecule has 1 rings (SSSR count). The number of rotatable bonds is 1. The van der Waals surface area contributed by atoms with E-state index >= 15 is 0 Å². The number of nitrogen functional groups attached to an aromatic ring is 1. The third-order valence-electron chi connectivity index (χ3n) is 1.24. The molecule has 1 unspecified atom stereocenters. The molecule has 1 atom stereocenters. The summed E-state index contributed by atoms with van der Waals surface area (Å²) < 4.78 is 21.1. The van der Waals surface area contributed by atoms with Gasteiger partial charge in [0.05, 0.1) is 15.6 Å². The summed E-state index contributed by atoms with van der Waals surface area (Å²) in [7, 11) is 0. The zero-order valence-electron chi connectivity index (χ0n) is 5.71. The molecule has 0 radical (unpaired) electrons. The fourth-order valence-electron chi connectivity index (χ4n) is 0.699. The minimum atomic E-state index is -2.40. The van der Waals surface area contributed by atoms with Gasteiger partial charge in [-0.2, -0.15) is 0 Å². The summed E-state index contributed by atoms with van der Waals surface area (Å²) >= 11 is 8.73. The van der Waals surface area contributed by atoms with Gasteiger partial charge in [0, 0.05) is 5.02 Å². The SMILES string of the molecule is Nc1c(Cl)cc(Cl)cc1S(=O)[O-]. The van der Waals surface area contributed by atoms with Gasteiger partial charge in [-0.1, -0.05) is 23.2 Å². The van der Waals surface area contributed by atoms with E-state index in [1.807, 2.05) is 0 Å². The summed E-state index contributed by atoms with van der Waals surface area (Å²) in [5.41, 5.74) is 5.39. The van der Waals surface area contributed by atoms with Gasteiger partial charge in [0.25, 0.3) is 0 Å². The minimum Gasteiger partial charge on any atom is -0.768 e. The molecule has 0 saturated carbocycles. The van der Waals surface area contributed by atoms with Gasteiger partial charge in [0.1, 0.15) is 0 Å². The quantitative estimate of drug-likeness (QED) is 0.585. The van der Waals surface area contributed by atoms with Gasteiger partial charge in [-0.3, -0.25) is 4.21 Å². The zero-order valence-corrected chi connectivity index (χ0v) is 8.04. The lowest BCUT2D eigenvalue weighted by Crippen LogP contribution is -1.97. The average Bonchev–Trinajstić information content (AvgIpc) is 1.96.